The molecule has 2 rings (SSSR count). The summed E-state index contributed by atoms with van der Waals surface area (Å²) in [6.45, 7) is 2.30. The van der Waals surface area contributed by atoms with Gasteiger partial charge in [-0.25, -0.2) is 0 Å². The van der Waals surface area contributed by atoms with Crippen LogP contribution in [0.3, 0.4) is 0 Å². The van der Waals surface area contributed by atoms with Crippen molar-refractivity contribution in [3.8, 4) is 5.75 Å². The van der Waals surface area contributed by atoms with Gasteiger partial charge in [-0.2, -0.15) is 0 Å². The van der Waals surface area contributed by atoms with Crippen molar-refractivity contribution in [3.05, 3.63) is 29.8 Å². The van der Waals surface area contributed by atoms with Crippen LogP contribution in [0.25, 0.3) is 0 Å². The van der Waals surface area contributed by atoms with E-state index in [1.165, 1.54) is 44.1 Å². The fourth-order valence-electron chi connectivity index (χ4n) is 3.68. The maximum atomic E-state index is 9.36. The molecule has 112 valence electrons. The second-order valence-corrected chi connectivity index (χ2v) is 6.34. The minimum Gasteiger partial charge on any atom is -0.508 e. The molecular formula is C18H29NO. The van der Waals surface area contributed by atoms with Gasteiger partial charge in [0, 0.05) is 6.04 Å². The van der Waals surface area contributed by atoms with Crippen LogP contribution >= 0.6 is 0 Å². The van der Waals surface area contributed by atoms with E-state index in [0.29, 0.717) is 11.8 Å². The van der Waals surface area contributed by atoms with E-state index in [9.17, 15) is 5.11 Å². The van der Waals surface area contributed by atoms with Crippen LogP contribution in [0, 0.1) is 11.8 Å². The highest BCUT2D eigenvalue weighted by Crippen LogP contribution is 2.34. The van der Waals surface area contributed by atoms with Crippen molar-refractivity contribution < 1.29 is 5.11 Å². The Kier molecular flexibility index (Phi) is 5.90. The van der Waals surface area contributed by atoms with Crippen molar-refractivity contribution in [2.24, 2.45) is 11.8 Å². The Labute approximate surface area is 123 Å². The van der Waals surface area contributed by atoms with E-state index < -0.39 is 0 Å². The molecule has 1 aliphatic carbocycles. The summed E-state index contributed by atoms with van der Waals surface area (Å²) < 4.78 is 0. The summed E-state index contributed by atoms with van der Waals surface area (Å²) in [5.41, 5.74) is 1.32. The normalized spacial score (nSPS) is 24.5. The first-order chi connectivity index (χ1) is 9.72. The lowest BCUT2D eigenvalue weighted by Crippen LogP contribution is -2.37. The molecule has 1 unspecified atom stereocenters. The van der Waals surface area contributed by atoms with Gasteiger partial charge in [-0.15, -0.1) is 0 Å². The first kappa shape index (κ1) is 15.4. The summed E-state index contributed by atoms with van der Waals surface area (Å²) in [4.78, 5) is 0. The van der Waals surface area contributed by atoms with Crippen LogP contribution in [-0.4, -0.2) is 18.2 Å². The van der Waals surface area contributed by atoms with E-state index in [0.717, 1.165) is 18.3 Å². The second-order valence-electron chi connectivity index (χ2n) is 6.34. The topological polar surface area (TPSA) is 32.3 Å². The molecule has 0 heterocycles. The minimum atomic E-state index is 0.356. The monoisotopic (exact) mass is 275 g/mol. The molecular weight excluding hydrogens is 246 g/mol. The number of hydrogen-bond donors (Lipinski definition) is 2. The van der Waals surface area contributed by atoms with E-state index in [-0.39, 0.29) is 0 Å². The van der Waals surface area contributed by atoms with Gasteiger partial charge in [-0.05, 0) is 55.8 Å². The molecule has 1 saturated carbocycles. The van der Waals surface area contributed by atoms with Crippen LogP contribution in [0.1, 0.15) is 51.0 Å². The van der Waals surface area contributed by atoms with E-state index in [4.69, 9.17) is 0 Å². The third-order valence-electron chi connectivity index (χ3n) is 4.92. The van der Waals surface area contributed by atoms with Gasteiger partial charge in [0.15, 0.2) is 0 Å². The van der Waals surface area contributed by atoms with Crippen molar-refractivity contribution in [2.75, 3.05) is 7.05 Å². The molecule has 20 heavy (non-hydrogen) atoms. The average molecular weight is 275 g/mol. The molecule has 2 nitrogen and oxygen atoms in total. The number of nitrogens with one attached hydrogen (secondary N) is 1. The van der Waals surface area contributed by atoms with Gasteiger partial charge in [0.1, 0.15) is 5.75 Å². The second kappa shape index (κ2) is 7.68. The van der Waals surface area contributed by atoms with Crippen LogP contribution in [-0.2, 0) is 6.42 Å². The van der Waals surface area contributed by atoms with Gasteiger partial charge in [0.2, 0.25) is 0 Å². The summed E-state index contributed by atoms with van der Waals surface area (Å²) >= 11 is 0. The molecule has 1 atom stereocenters. The highest BCUT2D eigenvalue weighted by atomic mass is 16.3. The van der Waals surface area contributed by atoms with Gasteiger partial charge in [0.05, 0.1) is 0 Å². The number of likely N-dealkylation sites (N-methyl/N-ethyl adjacent to an activating group) is 1. The molecule has 1 aromatic rings. The molecule has 0 radical (unpaired) electrons. The van der Waals surface area contributed by atoms with Gasteiger partial charge in [0.25, 0.3) is 0 Å². The summed E-state index contributed by atoms with van der Waals surface area (Å²) in [5, 5.41) is 12.9. The summed E-state index contributed by atoms with van der Waals surface area (Å²) in [5.74, 6) is 2.14. The largest absolute Gasteiger partial charge is 0.508 e. The molecule has 2 heteroatoms. The number of phenols is 1. The van der Waals surface area contributed by atoms with Crippen molar-refractivity contribution >= 4 is 0 Å². The summed E-state index contributed by atoms with van der Waals surface area (Å²) in [6, 6.07) is 8.24. The maximum Gasteiger partial charge on any atom is 0.115 e. The Hall–Kier alpha value is -1.02. The molecule has 0 amide bonds. The molecule has 0 saturated heterocycles. The van der Waals surface area contributed by atoms with Crippen molar-refractivity contribution in [3.63, 3.8) is 0 Å². The van der Waals surface area contributed by atoms with Crippen molar-refractivity contribution in [1.82, 2.24) is 5.32 Å². The zero-order chi connectivity index (χ0) is 14.4. The quantitative estimate of drug-likeness (QED) is 0.818. The van der Waals surface area contributed by atoms with Gasteiger partial charge in [-0.1, -0.05) is 44.7 Å². The number of rotatable bonds is 6. The van der Waals surface area contributed by atoms with Gasteiger partial charge in [-0.3, -0.25) is 0 Å². The van der Waals surface area contributed by atoms with E-state index in [1.807, 2.05) is 12.1 Å². The van der Waals surface area contributed by atoms with E-state index in [2.05, 4.69) is 19.3 Å². The molecule has 1 aromatic carbocycles. The Morgan fingerprint density at radius 3 is 2.35 bits per heavy atom. The number of aromatic hydroxyl groups is 1. The average Bonchev–Trinajstić information content (AvgIpc) is 2.48. The Morgan fingerprint density at radius 1 is 1.15 bits per heavy atom. The van der Waals surface area contributed by atoms with Crippen LogP contribution in [0.2, 0.25) is 0 Å². The fourth-order valence-corrected chi connectivity index (χ4v) is 3.68. The number of benzene rings is 1. The van der Waals surface area contributed by atoms with Gasteiger partial charge >= 0.3 is 0 Å². The smallest absolute Gasteiger partial charge is 0.115 e. The lowest BCUT2D eigenvalue weighted by molar-refractivity contribution is 0.217. The Balaban J connectivity index is 1.87. The standard InChI is InChI=1S/C18H29NO/c1-3-4-14-5-9-16(10-6-14)18(19-2)13-15-7-11-17(20)12-8-15/h7-8,11-12,14,16,18-20H,3-6,9-10,13H2,1-2H3. The molecule has 1 fully saturated rings. The summed E-state index contributed by atoms with van der Waals surface area (Å²) in [7, 11) is 2.09. The maximum absolute atomic E-state index is 9.36. The SMILES string of the molecule is CCCC1CCC(C(Cc2ccc(O)cc2)NC)CC1. The first-order valence-corrected chi connectivity index (χ1v) is 8.18. The third-order valence-corrected chi connectivity index (χ3v) is 4.92. The minimum absolute atomic E-state index is 0.356. The molecule has 2 N–H and O–H groups in total. The Morgan fingerprint density at radius 2 is 1.80 bits per heavy atom. The van der Waals surface area contributed by atoms with E-state index >= 15 is 0 Å². The van der Waals surface area contributed by atoms with Crippen molar-refractivity contribution in [2.45, 2.75) is 57.9 Å². The van der Waals surface area contributed by atoms with Crippen molar-refractivity contribution in [1.29, 1.82) is 0 Å². The molecule has 0 bridgehead atoms. The number of phenolic OH excluding ortho intramolecular Hbond substituents is 1. The van der Waals surface area contributed by atoms with Crippen LogP contribution in [0.5, 0.6) is 5.75 Å². The zero-order valence-electron chi connectivity index (χ0n) is 12.9. The lowest BCUT2D eigenvalue weighted by Gasteiger charge is -2.34. The fraction of sp³-hybridized carbons (Fsp3) is 0.667. The van der Waals surface area contributed by atoms with Crippen LogP contribution < -0.4 is 5.32 Å². The molecule has 0 aromatic heterocycles. The highest BCUT2D eigenvalue weighted by molar-refractivity contribution is 5.26. The molecule has 1 aliphatic rings. The summed E-state index contributed by atoms with van der Waals surface area (Å²) in [6.07, 6.45) is 9.37. The first-order valence-electron chi connectivity index (χ1n) is 8.18. The number of hydrogen-bond acceptors (Lipinski definition) is 2. The predicted octanol–water partition coefficient (Wildman–Crippen LogP) is 4.13. The zero-order valence-corrected chi connectivity index (χ0v) is 12.9. The molecule has 0 spiro atoms. The third kappa shape index (κ3) is 4.24. The van der Waals surface area contributed by atoms with Gasteiger partial charge < -0.3 is 10.4 Å². The van der Waals surface area contributed by atoms with E-state index in [1.54, 1.807) is 12.1 Å². The lowest BCUT2D eigenvalue weighted by atomic mass is 9.76. The predicted molar refractivity (Wildman–Crippen MR) is 85.0 cm³/mol. The van der Waals surface area contributed by atoms with Crippen LogP contribution in [0.15, 0.2) is 24.3 Å². The molecule has 0 aliphatic heterocycles. The van der Waals surface area contributed by atoms with Crippen LogP contribution in [0.4, 0.5) is 0 Å². The Bertz CT molecular complexity index is 379. The highest BCUT2D eigenvalue weighted by Gasteiger charge is 2.26.